The van der Waals surface area contributed by atoms with Crippen molar-refractivity contribution in [3.63, 3.8) is 0 Å². The number of para-hydroxylation sites is 3. The molecule has 2 heterocycles. The van der Waals surface area contributed by atoms with Gasteiger partial charge in [-0.1, -0.05) is 61.5 Å². The Balaban J connectivity index is 0.00000289. The highest BCUT2D eigenvalue weighted by atomic mass is 35.5. The van der Waals surface area contributed by atoms with Crippen LogP contribution < -0.4 is 15.2 Å². The Labute approximate surface area is 210 Å². The van der Waals surface area contributed by atoms with Crippen LogP contribution in [0.15, 0.2) is 96.7 Å². The van der Waals surface area contributed by atoms with Gasteiger partial charge in [-0.25, -0.2) is 5.01 Å². The Kier molecular flexibility index (Phi) is 7.22. The van der Waals surface area contributed by atoms with Crippen molar-refractivity contribution in [2.45, 2.75) is 13.5 Å². The van der Waals surface area contributed by atoms with E-state index in [0.717, 1.165) is 28.8 Å². The molecular weight excluding hydrogens is 462 g/mol. The highest BCUT2D eigenvalue weighted by molar-refractivity contribution is 6.32. The summed E-state index contributed by atoms with van der Waals surface area (Å²) in [4.78, 5) is 25.7. The Morgan fingerprint density at radius 2 is 1.57 bits per heavy atom. The molecule has 35 heavy (non-hydrogen) atoms. The van der Waals surface area contributed by atoms with Gasteiger partial charge in [0.25, 0.3) is 11.8 Å². The number of hydrazine groups is 1. The third-order valence-electron chi connectivity index (χ3n) is 5.81. The second-order valence-corrected chi connectivity index (χ2v) is 8.46. The van der Waals surface area contributed by atoms with Gasteiger partial charge in [0.2, 0.25) is 0 Å². The maximum absolute atomic E-state index is 13.0. The van der Waals surface area contributed by atoms with Crippen LogP contribution in [-0.4, -0.2) is 23.0 Å². The molecule has 0 radical (unpaired) electrons. The Morgan fingerprint density at radius 1 is 0.914 bits per heavy atom. The zero-order valence-corrected chi connectivity index (χ0v) is 20.1. The maximum Gasteiger partial charge on any atom is 0.282 e. The lowest BCUT2D eigenvalue weighted by atomic mass is 10.1. The molecule has 0 spiro atoms. The van der Waals surface area contributed by atoms with Gasteiger partial charge in [-0.3, -0.25) is 15.0 Å². The van der Waals surface area contributed by atoms with Crippen molar-refractivity contribution in [1.29, 1.82) is 0 Å². The quantitative estimate of drug-likeness (QED) is 0.286. The second kappa shape index (κ2) is 10.5. The van der Waals surface area contributed by atoms with Crippen LogP contribution in [0, 0.1) is 5.92 Å². The number of hydrogen-bond donors (Lipinski definition) is 1. The number of carbonyl (C=O) groups is 2. The minimum atomic E-state index is -0.407. The lowest BCUT2D eigenvalue weighted by Crippen LogP contribution is -2.35. The SMILES string of the molecule is CC(COc1ccccc1)Cn1cc(/C=C2/C(=O)NN(c3ccccc3)C2=O)c2ccccc21.Cl. The summed E-state index contributed by atoms with van der Waals surface area (Å²) in [6.07, 6.45) is 3.69. The average molecular weight is 488 g/mol. The molecule has 1 unspecified atom stereocenters. The Bertz CT molecular complexity index is 1370. The molecule has 6 nitrogen and oxygen atoms in total. The van der Waals surface area contributed by atoms with Crippen molar-refractivity contribution < 1.29 is 14.3 Å². The van der Waals surface area contributed by atoms with Crippen molar-refractivity contribution in [2.24, 2.45) is 5.92 Å². The van der Waals surface area contributed by atoms with Crippen LogP contribution in [0.1, 0.15) is 12.5 Å². The number of fused-ring (bicyclic) bond motifs is 1. The standard InChI is InChI=1S/C28H25N3O3.ClH/c1-20(19-34-23-12-6-3-7-13-23)17-30-18-21(24-14-8-9-15-26(24)30)16-25-27(32)29-31(28(25)33)22-10-4-2-5-11-22;/h2-16,18,20H,17,19H2,1H3,(H,29,32);1H/b25-16-;. The molecule has 178 valence electrons. The fraction of sp³-hybridized carbons (Fsp3) is 0.143. The molecule has 2 amide bonds. The van der Waals surface area contributed by atoms with Crippen LogP contribution in [0.2, 0.25) is 0 Å². The summed E-state index contributed by atoms with van der Waals surface area (Å²) < 4.78 is 8.08. The number of nitrogens with zero attached hydrogens (tertiary/aromatic N) is 2. The van der Waals surface area contributed by atoms with E-state index in [4.69, 9.17) is 4.74 Å². The Morgan fingerprint density at radius 3 is 2.31 bits per heavy atom. The van der Waals surface area contributed by atoms with Crippen LogP contribution in [0.3, 0.4) is 0 Å². The van der Waals surface area contributed by atoms with Crippen molar-refractivity contribution in [3.05, 3.63) is 102 Å². The molecule has 0 bridgehead atoms. The minimum Gasteiger partial charge on any atom is -0.493 e. The first-order valence-corrected chi connectivity index (χ1v) is 11.3. The summed E-state index contributed by atoms with van der Waals surface area (Å²) in [6.45, 7) is 3.47. The van der Waals surface area contributed by atoms with E-state index >= 15 is 0 Å². The molecule has 1 aromatic heterocycles. The fourth-order valence-corrected chi connectivity index (χ4v) is 4.16. The van der Waals surface area contributed by atoms with Gasteiger partial charge in [-0.05, 0) is 36.4 Å². The zero-order chi connectivity index (χ0) is 23.5. The summed E-state index contributed by atoms with van der Waals surface area (Å²) in [6, 6.07) is 26.9. The fourth-order valence-electron chi connectivity index (χ4n) is 4.16. The molecule has 1 atom stereocenters. The molecule has 7 heteroatoms. The summed E-state index contributed by atoms with van der Waals surface area (Å²) in [5.74, 6) is 0.334. The van der Waals surface area contributed by atoms with Gasteiger partial charge in [0.05, 0.1) is 12.3 Å². The number of aromatic nitrogens is 1. The van der Waals surface area contributed by atoms with Crippen LogP contribution in [0.4, 0.5) is 5.69 Å². The van der Waals surface area contributed by atoms with Gasteiger partial charge in [0.15, 0.2) is 0 Å². The molecule has 4 aromatic rings. The maximum atomic E-state index is 13.0. The molecule has 1 N–H and O–H groups in total. The van der Waals surface area contributed by atoms with E-state index in [1.807, 2.05) is 72.9 Å². The van der Waals surface area contributed by atoms with Crippen LogP contribution in [-0.2, 0) is 16.1 Å². The van der Waals surface area contributed by atoms with E-state index in [2.05, 4.69) is 23.0 Å². The number of rotatable bonds is 7. The van der Waals surface area contributed by atoms with Crippen LogP contribution >= 0.6 is 12.4 Å². The lowest BCUT2D eigenvalue weighted by molar-refractivity contribution is -0.117. The first-order chi connectivity index (χ1) is 16.6. The topological polar surface area (TPSA) is 63.6 Å². The van der Waals surface area contributed by atoms with Crippen LogP contribution in [0.5, 0.6) is 5.75 Å². The highest BCUT2D eigenvalue weighted by Crippen LogP contribution is 2.27. The molecule has 3 aromatic carbocycles. The summed E-state index contributed by atoms with van der Waals surface area (Å²) >= 11 is 0. The second-order valence-electron chi connectivity index (χ2n) is 8.46. The Hall–Kier alpha value is -4.03. The van der Waals surface area contributed by atoms with Gasteiger partial charge < -0.3 is 9.30 Å². The lowest BCUT2D eigenvalue weighted by Gasteiger charge is -2.15. The molecule has 5 rings (SSSR count). The summed E-state index contributed by atoms with van der Waals surface area (Å²) in [7, 11) is 0. The minimum absolute atomic E-state index is 0. The molecular formula is C28H26ClN3O3. The predicted octanol–water partition coefficient (Wildman–Crippen LogP) is 5.24. The van der Waals surface area contributed by atoms with Crippen molar-refractivity contribution in [2.75, 3.05) is 11.6 Å². The number of carbonyl (C=O) groups excluding carboxylic acids is 2. The van der Waals surface area contributed by atoms with Crippen molar-refractivity contribution >= 4 is 46.9 Å². The monoisotopic (exact) mass is 487 g/mol. The number of anilines is 1. The largest absolute Gasteiger partial charge is 0.493 e. The summed E-state index contributed by atoms with van der Waals surface area (Å²) in [5.41, 5.74) is 5.29. The van der Waals surface area contributed by atoms with Gasteiger partial charge in [-0.15, -0.1) is 12.4 Å². The molecule has 1 fully saturated rings. The average Bonchev–Trinajstić information content (AvgIpc) is 3.36. The molecule has 1 saturated heterocycles. The zero-order valence-electron chi connectivity index (χ0n) is 19.3. The number of ether oxygens (including phenoxy) is 1. The predicted molar refractivity (Wildman–Crippen MR) is 140 cm³/mol. The molecule has 0 aliphatic carbocycles. The molecule has 1 aliphatic heterocycles. The van der Waals surface area contributed by atoms with Crippen LogP contribution in [0.25, 0.3) is 17.0 Å². The number of hydrogen-bond acceptors (Lipinski definition) is 3. The van der Waals surface area contributed by atoms with E-state index in [-0.39, 0.29) is 29.8 Å². The highest BCUT2D eigenvalue weighted by Gasteiger charge is 2.34. The molecule has 1 aliphatic rings. The van der Waals surface area contributed by atoms with E-state index in [9.17, 15) is 9.59 Å². The van der Waals surface area contributed by atoms with Crippen molar-refractivity contribution in [1.82, 2.24) is 9.99 Å². The first-order valence-electron chi connectivity index (χ1n) is 11.3. The number of benzene rings is 3. The van der Waals surface area contributed by atoms with E-state index < -0.39 is 5.91 Å². The van der Waals surface area contributed by atoms with E-state index in [0.29, 0.717) is 12.3 Å². The first kappa shape index (κ1) is 24.1. The van der Waals surface area contributed by atoms with E-state index in [1.54, 1.807) is 18.2 Å². The number of halogens is 1. The van der Waals surface area contributed by atoms with E-state index in [1.165, 1.54) is 5.01 Å². The van der Waals surface area contributed by atoms with Crippen molar-refractivity contribution in [3.8, 4) is 5.75 Å². The number of nitrogens with one attached hydrogen (secondary N) is 1. The van der Waals surface area contributed by atoms with Gasteiger partial charge in [-0.2, -0.15) is 0 Å². The summed E-state index contributed by atoms with van der Waals surface area (Å²) in [5, 5.41) is 2.28. The van der Waals surface area contributed by atoms with Gasteiger partial charge >= 0.3 is 0 Å². The molecule has 0 saturated carbocycles. The third kappa shape index (κ3) is 5.08. The van der Waals surface area contributed by atoms with Gasteiger partial charge in [0.1, 0.15) is 11.3 Å². The smallest absolute Gasteiger partial charge is 0.282 e. The third-order valence-corrected chi connectivity index (χ3v) is 5.81. The normalized spacial score (nSPS) is 15.2. The number of amides is 2. The van der Waals surface area contributed by atoms with Gasteiger partial charge in [0, 0.05) is 35.1 Å².